The Kier molecular flexibility index (Phi) is 27.1. The van der Waals surface area contributed by atoms with Crippen molar-refractivity contribution in [2.75, 3.05) is 77.9 Å². The summed E-state index contributed by atoms with van der Waals surface area (Å²) < 4.78 is 68.9. The minimum Gasteiger partial charge on any atom is -0.347 e. The first kappa shape index (κ1) is 65.3. The monoisotopic (exact) mass is 1070 g/mol. The molecule has 2 aromatic carbocycles. The lowest BCUT2D eigenvalue weighted by Crippen LogP contribution is -3.11. The normalized spacial score (nSPS) is 17.9. The molecule has 414 valence electrons. The van der Waals surface area contributed by atoms with Crippen LogP contribution in [-0.4, -0.2) is 132 Å². The van der Waals surface area contributed by atoms with Crippen molar-refractivity contribution >= 4 is 55.1 Å². The summed E-state index contributed by atoms with van der Waals surface area (Å²) in [4.78, 5) is 47.4. The van der Waals surface area contributed by atoms with Crippen molar-refractivity contribution in [3.05, 3.63) is 95.8 Å². The molecule has 0 aliphatic carbocycles. The van der Waals surface area contributed by atoms with E-state index in [1.165, 1.54) is 83.2 Å². The Labute approximate surface area is 445 Å². The van der Waals surface area contributed by atoms with Crippen LogP contribution in [0, 0.1) is 0 Å². The van der Waals surface area contributed by atoms with Crippen LogP contribution in [-0.2, 0) is 50.3 Å². The third-order valence-electron chi connectivity index (χ3n) is 14.7. The van der Waals surface area contributed by atoms with Gasteiger partial charge in [-0.15, -0.1) is 5.06 Å². The second kappa shape index (κ2) is 30.7. The number of hydrogen-bond acceptors (Lipinski definition) is 9. The molecule has 74 heavy (non-hydrogen) atoms. The molecule has 0 bridgehead atoms. The van der Waals surface area contributed by atoms with E-state index in [1.54, 1.807) is 26.8 Å². The number of hydrogen-bond donors (Lipinski definition) is 5. The van der Waals surface area contributed by atoms with Gasteiger partial charge in [-0.25, -0.2) is 4.79 Å². The molecule has 1 unspecified atom stereocenters. The number of nitrogens with zero attached hydrogens (tertiary/aromatic N) is 3. The summed E-state index contributed by atoms with van der Waals surface area (Å²) in [6, 6.07) is 9.11. The highest BCUT2D eigenvalue weighted by Gasteiger charge is 2.44. The summed E-state index contributed by atoms with van der Waals surface area (Å²) in [7, 11) is -4.99. The van der Waals surface area contributed by atoms with Crippen molar-refractivity contribution in [3.63, 3.8) is 0 Å². The lowest BCUT2D eigenvalue weighted by Gasteiger charge is -2.29. The lowest BCUT2D eigenvalue weighted by molar-refractivity contribution is -0.894. The largest absolute Gasteiger partial charge is 0.347 e. The molecule has 1 saturated heterocycles. The molecule has 0 spiro atoms. The maximum atomic E-state index is 12.3. The molecule has 3 aliphatic heterocycles. The van der Waals surface area contributed by atoms with E-state index in [2.05, 4.69) is 62.3 Å². The van der Waals surface area contributed by atoms with E-state index >= 15 is 0 Å². The Morgan fingerprint density at radius 2 is 1.11 bits per heavy atom. The lowest BCUT2D eigenvalue weighted by atomic mass is 9.77. The first-order valence-electron chi connectivity index (χ1n) is 26.7. The van der Waals surface area contributed by atoms with Gasteiger partial charge in [0.2, 0.25) is 5.69 Å². The van der Waals surface area contributed by atoms with Gasteiger partial charge in [-0.1, -0.05) is 43.2 Å². The quantitative estimate of drug-likeness (QED) is 0.0329. The molecule has 5 N–H and O–H groups in total. The fourth-order valence-corrected chi connectivity index (χ4v) is 10.6. The van der Waals surface area contributed by atoms with E-state index in [0.29, 0.717) is 30.7 Å². The predicted octanol–water partition coefficient (Wildman–Crippen LogP) is 5.50. The van der Waals surface area contributed by atoms with Crippen LogP contribution in [0.1, 0.15) is 139 Å². The Bertz CT molecular complexity index is 2500. The number of unbranched alkanes of at least 4 members (excludes halogenated alkanes) is 2. The number of likely N-dealkylation sites (N-methyl/N-ethyl adjacent to an activating group) is 1. The number of anilines is 1. The highest BCUT2D eigenvalue weighted by molar-refractivity contribution is 7.86. The fourth-order valence-electron chi connectivity index (χ4n) is 9.55. The van der Waals surface area contributed by atoms with Crippen LogP contribution >= 0.6 is 0 Å². The number of allylic oxidation sites excluding steroid dienone is 8. The second-order valence-corrected chi connectivity index (χ2v) is 22.3. The summed E-state index contributed by atoms with van der Waals surface area (Å²) in [5.41, 5.74) is 3.85. The third kappa shape index (κ3) is 18.2. The number of rotatable bonds is 22. The van der Waals surface area contributed by atoms with Gasteiger partial charge < -0.3 is 24.4 Å². The topological polar surface area (TPSA) is 192 Å². The Balaban J connectivity index is 0.000000746. The van der Waals surface area contributed by atoms with E-state index in [1.807, 2.05) is 86.9 Å². The standard InChI is InChI=1S/C38H43N3O10S2.3C6H15N/c1-37(2)28-24-26(52(45,46)47)17-19-30(28)39(4)32(37)14-10-7-6-8-11-15-33-38(3,29-25-27(53(48,49)50)18-20-31(29)40(33)5)23-13-9-12-16-36(44)51-41-34(42)21-22-35(41)43;3*1-4-7(5-2)6-3/h6-8,10-11,14-15,17-20,24-25H,9,12-13,16,21-23H2,1-5H3,(H-,45,46,47,48,49,50);3*4-6H2,1-3H3/p+4. The maximum absolute atomic E-state index is 12.3. The first-order valence-corrected chi connectivity index (χ1v) is 29.6. The van der Waals surface area contributed by atoms with E-state index < -0.39 is 48.8 Å². The molecule has 2 amide bonds. The van der Waals surface area contributed by atoms with Gasteiger partial charge in [-0.2, -0.15) is 21.4 Å². The van der Waals surface area contributed by atoms with Crippen LogP contribution in [0.5, 0.6) is 0 Å². The minimum atomic E-state index is -4.45. The third-order valence-corrected chi connectivity index (χ3v) is 16.4. The summed E-state index contributed by atoms with van der Waals surface area (Å²) >= 11 is 0. The molecule has 3 aliphatic rings. The molecule has 18 heteroatoms. The van der Waals surface area contributed by atoms with Crippen LogP contribution in [0.4, 0.5) is 11.4 Å². The number of carbonyl (C=O) groups excluding carboxylic acids is 3. The van der Waals surface area contributed by atoms with E-state index in [-0.39, 0.29) is 29.1 Å². The number of carbonyl (C=O) groups is 3. The number of fused-ring (bicyclic) bond motifs is 2. The number of quaternary nitrogens is 3. The maximum Gasteiger partial charge on any atom is 0.333 e. The van der Waals surface area contributed by atoms with E-state index in [9.17, 15) is 40.3 Å². The van der Waals surface area contributed by atoms with Crippen molar-refractivity contribution in [2.45, 2.75) is 149 Å². The minimum absolute atomic E-state index is 0.0240. The molecular formula is C56H92N6O10S2+4. The molecule has 2 aromatic rings. The van der Waals surface area contributed by atoms with Gasteiger partial charge in [-0.3, -0.25) is 18.7 Å². The van der Waals surface area contributed by atoms with Crippen molar-refractivity contribution in [1.29, 1.82) is 0 Å². The van der Waals surface area contributed by atoms with Crippen molar-refractivity contribution in [1.82, 2.24) is 5.06 Å². The molecule has 16 nitrogen and oxygen atoms in total. The first-order chi connectivity index (χ1) is 34.8. The van der Waals surface area contributed by atoms with Crippen LogP contribution in [0.2, 0.25) is 0 Å². The zero-order valence-electron chi connectivity index (χ0n) is 47.1. The van der Waals surface area contributed by atoms with Crippen LogP contribution in [0.3, 0.4) is 0 Å². The number of nitrogens with one attached hydrogen (secondary N) is 3. The van der Waals surface area contributed by atoms with Gasteiger partial charge in [0.15, 0.2) is 5.71 Å². The fraction of sp³-hybridized carbons (Fsp3) is 0.571. The summed E-state index contributed by atoms with van der Waals surface area (Å²) in [5.74, 6) is -1.72. The number of hydroxylamine groups is 2. The van der Waals surface area contributed by atoms with Crippen molar-refractivity contribution in [2.24, 2.45) is 0 Å². The van der Waals surface area contributed by atoms with Gasteiger partial charge in [0, 0.05) is 60.8 Å². The van der Waals surface area contributed by atoms with Crippen molar-refractivity contribution in [3.8, 4) is 0 Å². The summed E-state index contributed by atoms with van der Waals surface area (Å²) in [6.07, 6.45) is 15.7. The molecule has 0 radical (unpaired) electrons. The number of benzene rings is 2. The number of amides is 2. The average Bonchev–Trinajstić information content (AvgIpc) is 3.86. The highest BCUT2D eigenvalue weighted by atomic mass is 32.2. The van der Waals surface area contributed by atoms with Gasteiger partial charge >= 0.3 is 5.97 Å². The average molecular weight is 1070 g/mol. The zero-order chi connectivity index (χ0) is 56.0. The van der Waals surface area contributed by atoms with Crippen molar-refractivity contribution < 1.29 is 64.4 Å². The van der Waals surface area contributed by atoms with Crippen LogP contribution in [0.25, 0.3) is 0 Å². The second-order valence-electron chi connectivity index (χ2n) is 19.5. The summed E-state index contributed by atoms with van der Waals surface area (Å²) in [5, 5.41) is 0.539. The molecule has 3 heterocycles. The Morgan fingerprint density at radius 1 is 0.662 bits per heavy atom. The van der Waals surface area contributed by atoms with Gasteiger partial charge in [0.1, 0.15) is 7.05 Å². The SMILES string of the molecule is CC[NH+](CC)CC.CC[NH+](CC)CC.CC[NH+](CC)CC.CN1\C(=C/C=C/C=C/C=C/C2=[N+](C)c3ccc(S(=O)(=O)O)cc3C2(C)C)C(C)(CCCCCC(=O)ON2C(=O)CCC2=O)c2cc(S(=O)(=O)O)ccc21. The predicted molar refractivity (Wildman–Crippen MR) is 296 cm³/mol. The number of imide groups is 1. The Morgan fingerprint density at radius 3 is 1.57 bits per heavy atom. The molecule has 0 aromatic heterocycles. The molecule has 5 rings (SSSR count). The summed E-state index contributed by atoms with van der Waals surface area (Å²) in [6.45, 7) is 37.4. The van der Waals surface area contributed by atoms with Gasteiger partial charge in [0.25, 0.3) is 32.1 Å². The van der Waals surface area contributed by atoms with Crippen LogP contribution < -0.4 is 19.6 Å². The Hall–Kier alpha value is -4.82. The van der Waals surface area contributed by atoms with Gasteiger partial charge in [-0.05, 0) is 138 Å². The van der Waals surface area contributed by atoms with E-state index in [4.69, 9.17) is 4.84 Å². The zero-order valence-corrected chi connectivity index (χ0v) is 48.8. The van der Waals surface area contributed by atoms with E-state index in [0.717, 1.165) is 33.9 Å². The molecular weight excluding hydrogens is 981 g/mol. The highest BCUT2D eigenvalue weighted by Crippen LogP contribution is 2.50. The molecule has 0 saturated carbocycles. The molecule has 1 fully saturated rings. The molecule has 1 atom stereocenters. The smallest absolute Gasteiger partial charge is 0.333 e. The van der Waals surface area contributed by atoms with Crippen LogP contribution in [0.15, 0.2) is 94.4 Å². The van der Waals surface area contributed by atoms with Gasteiger partial charge in [0.05, 0.1) is 74.1 Å².